The molecule has 1 atom stereocenters. The third-order valence-electron chi connectivity index (χ3n) is 4.18. The van der Waals surface area contributed by atoms with E-state index in [4.69, 9.17) is 0 Å². The molecule has 3 rings (SSSR count). The van der Waals surface area contributed by atoms with Crippen LogP contribution in [-0.4, -0.2) is 16.6 Å². The molecule has 0 saturated heterocycles. The van der Waals surface area contributed by atoms with Gasteiger partial charge in [0.05, 0.1) is 23.2 Å². The van der Waals surface area contributed by atoms with E-state index in [1.165, 1.54) is 0 Å². The van der Waals surface area contributed by atoms with Gasteiger partial charge < -0.3 is 5.11 Å². The highest BCUT2D eigenvalue weighted by Crippen LogP contribution is 2.33. The van der Waals surface area contributed by atoms with Crippen molar-refractivity contribution in [2.45, 2.75) is 25.7 Å². The average molecular weight is 305 g/mol. The normalized spacial score (nSPS) is 21.8. The van der Waals surface area contributed by atoms with Crippen molar-refractivity contribution in [1.29, 1.82) is 0 Å². The number of hydrogen-bond acceptors (Lipinski definition) is 3. The van der Waals surface area contributed by atoms with Gasteiger partial charge in [0.25, 0.3) is 0 Å². The molecule has 2 aromatic rings. The van der Waals surface area contributed by atoms with Crippen LogP contribution in [-0.2, 0) is 4.79 Å². The summed E-state index contributed by atoms with van der Waals surface area (Å²) in [5, 5.41) is 9.45. The van der Waals surface area contributed by atoms with E-state index >= 15 is 0 Å². The molecule has 23 heavy (non-hydrogen) atoms. The number of benzene rings is 2. The Balaban J connectivity index is 1.95. The van der Waals surface area contributed by atoms with E-state index in [1.807, 2.05) is 61.5 Å². The lowest BCUT2D eigenvalue weighted by Gasteiger charge is -2.24. The molecule has 0 amide bonds. The van der Waals surface area contributed by atoms with Gasteiger partial charge in [-0.3, -0.25) is 9.79 Å². The third-order valence-corrected chi connectivity index (χ3v) is 4.18. The van der Waals surface area contributed by atoms with Crippen LogP contribution in [0.4, 0.5) is 5.69 Å². The molecule has 1 aliphatic rings. The third kappa shape index (κ3) is 3.39. The van der Waals surface area contributed by atoms with Crippen molar-refractivity contribution < 1.29 is 9.90 Å². The number of carbonyl (C=O) groups is 1. The second kappa shape index (κ2) is 6.61. The second-order valence-electron chi connectivity index (χ2n) is 5.88. The second-order valence-corrected chi connectivity index (χ2v) is 5.88. The van der Waals surface area contributed by atoms with E-state index in [2.05, 4.69) is 4.99 Å². The van der Waals surface area contributed by atoms with Crippen molar-refractivity contribution >= 4 is 17.2 Å². The van der Waals surface area contributed by atoms with Crippen LogP contribution in [0, 0.1) is 6.92 Å². The number of aryl methyl sites for hydroxylation is 1. The molecule has 1 fully saturated rings. The number of ketones is 1. The summed E-state index contributed by atoms with van der Waals surface area (Å²) in [4.78, 5) is 17.0. The minimum Gasteiger partial charge on any atom is -0.515 e. The number of aliphatic hydroxyl groups is 1. The minimum atomic E-state index is -0.0570. The Bertz CT molecular complexity index is 758. The summed E-state index contributed by atoms with van der Waals surface area (Å²) in [5.74, 6) is 0.0510. The topological polar surface area (TPSA) is 49.7 Å². The molecule has 1 aliphatic carbocycles. The molecule has 0 spiro atoms. The molecule has 0 radical (unpaired) electrons. The molecule has 3 nitrogen and oxygen atoms in total. The van der Waals surface area contributed by atoms with Crippen molar-refractivity contribution in [3.8, 4) is 0 Å². The van der Waals surface area contributed by atoms with Gasteiger partial charge in [-0.25, -0.2) is 0 Å². The van der Waals surface area contributed by atoms with Crippen molar-refractivity contribution in [3.05, 3.63) is 77.6 Å². The number of allylic oxidation sites excluding steroid dienone is 1. The summed E-state index contributed by atoms with van der Waals surface area (Å²) in [6.45, 7) is 2.02. The largest absolute Gasteiger partial charge is 0.515 e. The molecular formula is C20H19NO2. The van der Waals surface area contributed by atoms with Crippen LogP contribution < -0.4 is 0 Å². The lowest BCUT2D eigenvalue weighted by atomic mass is 9.80. The smallest absolute Gasteiger partial charge is 0.168 e. The van der Waals surface area contributed by atoms with Crippen molar-refractivity contribution in [2.24, 2.45) is 4.99 Å². The highest BCUT2D eigenvalue weighted by atomic mass is 16.2. The van der Waals surface area contributed by atoms with Crippen molar-refractivity contribution in [2.75, 3.05) is 0 Å². The van der Waals surface area contributed by atoms with Crippen LogP contribution in [0.25, 0.3) is 0 Å². The summed E-state index contributed by atoms with van der Waals surface area (Å²) in [7, 11) is 0. The Morgan fingerprint density at radius 3 is 2.39 bits per heavy atom. The number of rotatable bonds is 2. The van der Waals surface area contributed by atoms with Gasteiger partial charge in [-0.2, -0.15) is 0 Å². The molecule has 0 bridgehead atoms. The molecule has 0 unspecified atom stereocenters. The SMILES string of the molecule is Cc1ccc(N=C2C[C@@H](c3ccccc3)CC(=O)/C2=C\O)cc1. The monoisotopic (exact) mass is 305 g/mol. The zero-order valence-electron chi connectivity index (χ0n) is 13.1. The van der Waals surface area contributed by atoms with Crippen LogP contribution >= 0.6 is 0 Å². The molecule has 1 N–H and O–H groups in total. The van der Waals surface area contributed by atoms with E-state index < -0.39 is 0 Å². The molecule has 0 aromatic heterocycles. The van der Waals surface area contributed by atoms with Crippen LogP contribution in [0.2, 0.25) is 0 Å². The van der Waals surface area contributed by atoms with Gasteiger partial charge in [-0.1, -0.05) is 48.0 Å². The molecule has 1 saturated carbocycles. The molecule has 116 valence electrons. The maximum Gasteiger partial charge on any atom is 0.168 e. The first-order chi connectivity index (χ1) is 11.2. The number of carbonyl (C=O) groups excluding carboxylic acids is 1. The summed E-state index contributed by atoms with van der Waals surface area (Å²) in [6, 6.07) is 17.8. The number of hydrogen-bond donors (Lipinski definition) is 1. The molecule has 0 heterocycles. The number of Topliss-reactive ketones (excluding diaryl/α,β-unsaturated/α-hetero) is 1. The van der Waals surface area contributed by atoms with Crippen LogP contribution in [0.1, 0.15) is 29.9 Å². The Labute approximate surface area is 136 Å². The maximum absolute atomic E-state index is 12.4. The van der Waals surface area contributed by atoms with Crippen molar-refractivity contribution in [3.63, 3.8) is 0 Å². The predicted molar refractivity (Wildman–Crippen MR) is 92.4 cm³/mol. The molecule has 0 aliphatic heterocycles. The lowest BCUT2D eigenvalue weighted by molar-refractivity contribution is -0.115. The van der Waals surface area contributed by atoms with E-state index in [0.717, 1.165) is 23.1 Å². The van der Waals surface area contributed by atoms with Gasteiger partial charge in [0.15, 0.2) is 5.78 Å². The molecule has 2 aromatic carbocycles. The first-order valence-electron chi connectivity index (χ1n) is 7.74. The highest BCUT2D eigenvalue weighted by Gasteiger charge is 2.30. The van der Waals surface area contributed by atoms with Gasteiger partial charge in [0.1, 0.15) is 0 Å². The quantitative estimate of drug-likeness (QED) is 0.648. The number of aliphatic hydroxyl groups excluding tert-OH is 1. The highest BCUT2D eigenvalue weighted by molar-refractivity contribution is 6.24. The summed E-state index contributed by atoms with van der Waals surface area (Å²) in [5.41, 5.74) is 4.08. The first kappa shape index (κ1) is 15.2. The standard InChI is InChI=1S/C20H19NO2/c1-14-7-9-17(10-8-14)21-19-11-16(12-20(23)18(19)13-22)15-5-3-2-4-6-15/h2-10,13,16,22H,11-12H2,1H3/b18-13-,21-19?/t16-/m1/s1. The fraction of sp³-hybridized carbons (Fsp3) is 0.200. The molecule has 3 heteroatoms. The first-order valence-corrected chi connectivity index (χ1v) is 7.74. The minimum absolute atomic E-state index is 0.0570. The summed E-state index contributed by atoms with van der Waals surface area (Å²) < 4.78 is 0. The average Bonchev–Trinajstić information content (AvgIpc) is 2.57. The van der Waals surface area contributed by atoms with E-state index in [0.29, 0.717) is 24.1 Å². The van der Waals surface area contributed by atoms with Gasteiger partial charge >= 0.3 is 0 Å². The van der Waals surface area contributed by atoms with Gasteiger partial charge in [0, 0.05) is 6.42 Å². The Morgan fingerprint density at radius 2 is 1.74 bits per heavy atom. The Kier molecular flexibility index (Phi) is 4.38. The molecular weight excluding hydrogens is 286 g/mol. The van der Waals surface area contributed by atoms with Crippen LogP contribution in [0.15, 0.2) is 71.4 Å². The fourth-order valence-corrected chi connectivity index (χ4v) is 2.90. The zero-order chi connectivity index (χ0) is 16.2. The van der Waals surface area contributed by atoms with E-state index in [-0.39, 0.29) is 11.7 Å². The number of aliphatic imine (C=N–C) groups is 1. The Hall–Kier alpha value is -2.68. The van der Waals surface area contributed by atoms with Crippen LogP contribution in [0.3, 0.4) is 0 Å². The van der Waals surface area contributed by atoms with E-state index in [1.54, 1.807) is 0 Å². The predicted octanol–water partition coefficient (Wildman–Crippen LogP) is 4.66. The van der Waals surface area contributed by atoms with Gasteiger partial charge in [0.2, 0.25) is 0 Å². The van der Waals surface area contributed by atoms with Crippen LogP contribution in [0.5, 0.6) is 0 Å². The zero-order valence-corrected chi connectivity index (χ0v) is 13.1. The number of nitrogens with zero attached hydrogens (tertiary/aromatic N) is 1. The Morgan fingerprint density at radius 1 is 1.04 bits per heavy atom. The fourth-order valence-electron chi connectivity index (χ4n) is 2.90. The van der Waals surface area contributed by atoms with Crippen molar-refractivity contribution in [1.82, 2.24) is 0 Å². The summed E-state index contributed by atoms with van der Waals surface area (Å²) in [6.07, 6.45) is 1.95. The summed E-state index contributed by atoms with van der Waals surface area (Å²) >= 11 is 0. The van der Waals surface area contributed by atoms with Gasteiger partial charge in [-0.05, 0) is 37.0 Å². The van der Waals surface area contributed by atoms with E-state index in [9.17, 15) is 9.90 Å². The van der Waals surface area contributed by atoms with Gasteiger partial charge in [-0.15, -0.1) is 0 Å². The lowest BCUT2D eigenvalue weighted by Crippen LogP contribution is -2.25. The maximum atomic E-state index is 12.4.